The van der Waals surface area contributed by atoms with E-state index in [1.165, 1.54) is 38.6 Å². The van der Waals surface area contributed by atoms with Crippen molar-refractivity contribution in [1.82, 2.24) is 4.90 Å². The zero-order valence-corrected chi connectivity index (χ0v) is 10.4. The summed E-state index contributed by atoms with van der Waals surface area (Å²) in [5, 5.41) is 0. The van der Waals surface area contributed by atoms with Gasteiger partial charge in [-0.05, 0) is 50.3 Å². The highest BCUT2D eigenvalue weighted by molar-refractivity contribution is 5.07. The summed E-state index contributed by atoms with van der Waals surface area (Å²) in [5.41, 5.74) is 5.57. The smallest absolute Gasteiger partial charge is 0.118 e. The van der Waals surface area contributed by atoms with Crippen LogP contribution in [0.5, 0.6) is 0 Å². The van der Waals surface area contributed by atoms with Crippen molar-refractivity contribution >= 4 is 0 Å². The molecule has 2 heterocycles. The molecule has 3 heteroatoms. The molecule has 0 amide bonds. The summed E-state index contributed by atoms with van der Waals surface area (Å²) in [6.45, 7) is 2.72. The minimum atomic E-state index is 0.506. The van der Waals surface area contributed by atoms with Crippen LogP contribution in [-0.2, 0) is 13.1 Å². The van der Waals surface area contributed by atoms with Crippen molar-refractivity contribution in [2.24, 2.45) is 11.7 Å². The molecule has 1 saturated carbocycles. The standard InChI is InChI=1S/C14H22N2O/c15-9-12-6-7-13(17-12)10-16-8-2-4-11-3-1-5-14(11)16/h6-7,11,14H,1-5,8-10,15H2. The maximum absolute atomic E-state index is 5.72. The first-order valence-electron chi connectivity index (χ1n) is 6.88. The van der Waals surface area contributed by atoms with Crippen molar-refractivity contribution in [3.63, 3.8) is 0 Å². The number of furan rings is 1. The van der Waals surface area contributed by atoms with E-state index in [0.29, 0.717) is 6.54 Å². The molecule has 2 atom stereocenters. The van der Waals surface area contributed by atoms with Gasteiger partial charge in [0.25, 0.3) is 0 Å². The van der Waals surface area contributed by atoms with Crippen LogP contribution < -0.4 is 5.73 Å². The molecule has 1 aromatic heterocycles. The van der Waals surface area contributed by atoms with Gasteiger partial charge in [-0.2, -0.15) is 0 Å². The summed E-state index contributed by atoms with van der Waals surface area (Å²) in [5.74, 6) is 2.94. The number of piperidine rings is 1. The van der Waals surface area contributed by atoms with E-state index in [2.05, 4.69) is 11.0 Å². The average Bonchev–Trinajstić information content (AvgIpc) is 2.97. The summed E-state index contributed by atoms with van der Waals surface area (Å²) >= 11 is 0. The van der Waals surface area contributed by atoms with Crippen molar-refractivity contribution in [1.29, 1.82) is 0 Å². The Morgan fingerprint density at radius 3 is 2.82 bits per heavy atom. The second kappa shape index (κ2) is 4.83. The number of hydrogen-bond acceptors (Lipinski definition) is 3. The molecular formula is C14H22N2O. The molecule has 0 bridgehead atoms. The third-order valence-corrected chi connectivity index (χ3v) is 4.39. The Hall–Kier alpha value is -0.800. The molecule has 1 aliphatic carbocycles. The third kappa shape index (κ3) is 2.26. The molecule has 3 nitrogen and oxygen atoms in total. The molecule has 0 spiro atoms. The van der Waals surface area contributed by atoms with Crippen LogP contribution in [0.3, 0.4) is 0 Å². The van der Waals surface area contributed by atoms with Gasteiger partial charge in [0.2, 0.25) is 0 Å². The first kappa shape index (κ1) is 11.3. The summed E-state index contributed by atoms with van der Waals surface area (Å²) in [7, 11) is 0. The van der Waals surface area contributed by atoms with E-state index in [-0.39, 0.29) is 0 Å². The lowest BCUT2D eigenvalue weighted by atomic mass is 9.92. The lowest BCUT2D eigenvalue weighted by Crippen LogP contribution is -2.41. The van der Waals surface area contributed by atoms with Crippen molar-refractivity contribution in [3.8, 4) is 0 Å². The quantitative estimate of drug-likeness (QED) is 0.873. The third-order valence-electron chi connectivity index (χ3n) is 4.39. The Labute approximate surface area is 103 Å². The fraction of sp³-hybridized carbons (Fsp3) is 0.714. The number of nitrogens with two attached hydrogens (primary N) is 1. The highest BCUT2D eigenvalue weighted by Crippen LogP contribution is 2.37. The van der Waals surface area contributed by atoms with E-state index < -0.39 is 0 Å². The van der Waals surface area contributed by atoms with Crippen molar-refractivity contribution in [2.45, 2.75) is 51.2 Å². The summed E-state index contributed by atoms with van der Waals surface area (Å²) in [6.07, 6.45) is 7.03. The molecule has 0 aromatic carbocycles. The van der Waals surface area contributed by atoms with Gasteiger partial charge in [0, 0.05) is 6.04 Å². The van der Waals surface area contributed by atoms with Crippen LogP contribution in [0.25, 0.3) is 0 Å². The van der Waals surface area contributed by atoms with Crippen LogP contribution in [0.4, 0.5) is 0 Å². The molecule has 2 fully saturated rings. The Morgan fingerprint density at radius 1 is 1.18 bits per heavy atom. The first-order valence-corrected chi connectivity index (χ1v) is 6.88. The first-order chi connectivity index (χ1) is 8.36. The van der Waals surface area contributed by atoms with E-state index in [9.17, 15) is 0 Å². The maximum Gasteiger partial charge on any atom is 0.118 e. The zero-order chi connectivity index (χ0) is 11.7. The molecular weight excluding hydrogens is 212 g/mol. The molecule has 94 valence electrons. The lowest BCUT2D eigenvalue weighted by Gasteiger charge is -2.37. The predicted molar refractivity (Wildman–Crippen MR) is 67.4 cm³/mol. The van der Waals surface area contributed by atoms with Gasteiger partial charge in [0.05, 0.1) is 13.1 Å². The lowest BCUT2D eigenvalue weighted by molar-refractivity contribution is 0.0975. The number of hydrogen-bond donors (Lipinski definition) is 1. The highest BCUT2D eigenvalue weighted by atomic mass is 16.3. The van der Waals surface area contributed by atoms with Crippen LogP contribution in [0.15, 0.2) is 16.5 Å². The van der Waals surface area contributed by atoms with E-state index >= 15 is 0 Å². The topological polar surface area (TPSA) is 42.4 Å². The number of rotatable bonds is 3. The Morgan fingerprint density at radius 2 is 2.00 bits per heavy atom. The van der Waals surface area contributed by atoms with Crippen molar-refractivity contribution < 1.29 is 4.42 Å². The molecule has 1 saturated heterocycles. The summed E-state index contributed by atoms with van der Waals surface area (Å²) < 4.78 is 5.72. The molecule has 1 aromatic rings. The van der Waals surface area contributed by atoms with Crippen LogP contribution in [0.1, 0.15) is 43.6 Å². The molecule has 2 unspecified atom stereocenters. The largest absolute Gasteiger partial charge is 0.463 e. The number of fused-ring (bicyclic) bond motifs is 1. The van der Waals surface area contributed by atoms with Crippen LogP contribution in [0, 0.1) is 5.92 Å². The Bertz CT molecular complexity index is 374. The Balaban J connectivity index is 1.67. The summed E-state index contributed by atoms with van der Waals surface area (Å²) in [4.78, 5) is 2.63. The highest BCUT2D eigenvalue weighted by Gasteiger charge is 2.34. The monoisotopic (exact) mass is 234 g/mol. The van der Waals surface area contributed by atoms with Gasteiger partial charge in [-0.3, -0.25) is 4.90 Å². The average molecular weight is 234 g/mol. The molecule has 1 aliphatic heterocycles. The van der Waals surface area contributed by atoms with Crippen LogP contribution in [0.2, 0.25) is 0 Å². The molecule has 2 N–H and O–H groups in total. The number of likely N-dealkylation sites (tertiary alicyclic amines) is 1. The van der Waals surface area contributed by atoms with Gasteiger partial charge in [-0.1, -0.05) is 6.42 Å². The fourth-order valence-corrected chi connectivity index (χ4v) is 3.57. The van der Waals surface area contributed by atoms with E-state index in [4.69, 9.17) is 10.2 Å². The van der Waals surface area contributed by atoms with E-state index in [0.717, 1.165) is 30.0 Å². The second-order valence-electron chi connectivity index (χ2n) is 5.44. The van der Waals surface area contributed by atoms with Crippen molar-refractivity contribution in [3.05, 3.63) is 23.7 Å². The molecule has 17 heavy (non-hydrogen) atoms. The van der Waals surface area contributed by atoms with Gasteiger partial charge < -0.3 is 10.2 Å². The van der Waals surface area contributed by atoms with Gasteiger partial charge in [-0.25, -0.2) is 0 Å². The maximum atomic E-state index is 5.72. The second-order valence-corrected chi connectivity index (χ2v) is 5.44. The molecule has 0 radical (unpaired) electrons. The van der Waals surface area contributed by atoms with E-state index in [1.54, 1.807) is 0 Å². The number of nitrogens with zero attached hydrogens (tertiary/aromatic N) is 1. The van der Waals surface area contributed by atoms with Gasteiger partial charge in [0.1, 0.15) is 11.5 Å². The minimum Gasteiger partial charge on any atom is -0.463 e. The zero-order valence-electron chi connectivity index (χ0n) is 10.4. The molecule has 3 rings (SSSR count). The van der Waals surface area contributed by atoms with Gasteiger partial charge in [0.15, 0.2) is 0 Å². The summed E-state index contributed by atoms with van der Waals surface area (Å²) in [6, 6.07) is 4.90. The van der Waals surface area contributed by atoms with Gasteiger partial charge >= 0.3 is 0 Å². The van der Waals surface area contributed by atoms with Crippen LogP contribution >= 0.6 is 0 Å². The van der Waals surface area contributed by atoms with E-state index in [1.807, 2.05) is 6.07 Å². The Kier molecular flexibility index (Phi) is 3.21. The van der Waals surface area contributed by atoms with Crippen molar-refractivity contribution in [2.75, 3.05) is 6.54 Å². The SMILES string of the molecule is NCc1ccc(CN2CCCC3CCCC32)o1. The van der Waals surface area contributed by atoms with Crippen LogP contribution in [-0.4, -0.2) is 17.5 Å². The minimum absolute atomic E-state index is 0.506. The normalized spacial score (nSPS) is 29.5. The predicted octanol–water partition coefficient (Wildman–Crippen LogP) is 2.50. The molecule has 2 aliphatic rings. The fourth-order valence-electron chi connectivity index (χ4n) is 3.57. The van der Waals surface area contributed by atoms with Gasteiger partial charge in [-0.15, -0.1) is 0 Å².